The SMILES string of the molecule is CCC[C@H](C(=O)O)S(=O)(=O)O. The molecule has 5 nitrogen and oxygen atoms in total. The molecule has 6 heteroatoms. The van der Waals surface area contributed by atoms with E-state index in [0.29, 0.717) is 6.42 Å². The first kappa shape index (κ1) is 10.4. The van der Waals surface area contributed by atoms with E-state index in [2.05, 4.69) is 0 Å². The van der Waals surface area contributed by atoms with Crippen molar-refractivity contribution < 1.29 is 22.9 Å². The lowest BCUT2D eigenvalue weighted by atomic mass is 10.2. The van der Waals surface area contributed by atoms with Crippen LogP contribution < -0.4 is 0 Å². The van der Waals surface area contributed by atoms with Crippen molar-refractivity contribution in [1.29, 1.82) is 0 Å². The molecule has 0 unspecified atom stereocenters. The van der Waals surface area contributed by atoms with Crippen LogP contribution in [0, 0.1) is 0 Å². The molecule has 66 valence electrons. The average molecular weight is 182 g/mol. The van der Waals surface area contributed by atoms with Crippen LogP contribution >= 0.6 is 0 Å². The molecule has 0 saturated heterocycles. The van der Waals surface area contributed by atoms with Gasteiger partial charge in [-0.05, 0) is 6.42 Å². The third-order valence-corrected chi connectivity index (χ3v) is 2.34. The summed E-state index contributed by atoms with van der Waals surface area (Å²) in [5.74, 6) is -1.51. The molecule has 0 amide bonds. The van der Waals surface area contributed by atoms with E-state index < -0.39 is 21.3 Å². The predicted molar refractivity (Wildman–Crippen MR) is 37.9 cm³/mol. The summed E-state index contributed by atoms with van der Waals surface area (Å²) >= 11 is 0. The predicted octanol–water partition coefficient (Wildman–Crippen LogP) is 0.128. The van der Waals surface area contributed by atoms with Gasteiger partial charge in [0.05, 0.1) is 0 Å². The zero-order valence-electron chi connectivity index (χ0n) is 6.02. The van der Waals surface area contributed by atoms with E-state index in [0.717, 1.165) is 0 Å². The third-order valence-electron chi connectivity index (χ3n) is 1.19. The maximum Gasteiger partial charge on any atom is 0.324 e. The fourth-order valence-corrected chi connectivity index (χ4v) is 1.45. The number of aliphatic carboxylic acids is 1. The first-order valence-corrected chi connectivity index (χ1v) is 4.59. The van der Waals surface area contributed by atoms with E-state index in [-0.39, 0.29) is 6.42 Å². The Morgan fingerprint density at radius 3 is 2.09 bits per heavy atom. The van der Waals surface area contributed by atoms with Gasteiger partial charge in [-0.1, -0.05) is 13.3 Å². The van der Waals surface area contributed by atoms with Crippen molar-refractivity contribution in [3.8, 4) is 0 Å². The van der Waals surface area contributed by atoms with Crippen LogP contribution in [0.15, 0.2) is 0 Å². The third kappa shape index (κ3) is 3.33. The van der Waals surface area contributed by atoms with Gasteiger partial charge in [-0.25, -0.2) is 0 Å². The molecule has 0 rings (SSSR count). The topological polar surface area (TPSA) is 91.7 Å². The Hall–Kier alpha value is -0.620. The van der Waals surface area contributed by atoms with Crippen LogP contribution in [-0.2, 0) is 14.9 Å². The number of rotatable bonds is 4. The smallest absolute Gasteiger partial charge is 0.324 e. The fourth-order valence-electron chi connectivity index (χ4n) is 0.662. The van der Waals surface area contributed by atoms with Crippen molar-refractivity contribution in [1.82, 2.24) is 0 Å². The van der Waals surface area contributed by atoms with Gasteiger partial charge in [-0.2, -0.15) is 8.42 Å². The van der Waals surface area contributed by atoms with Gasteiger partial charge in [0, 0.05) is 0 Å². The molecule has 0 saturated carbocycles. The number of carboxylic acids is 1. The van der Waals surface area contributed by atoms with Crippen LogP contribution in [-0.4, -0.2) is 29.3 Å². The Morgan fingerprint density at radius 1 is 1.55 bits per heavy atom. The fraction of sp³-hybridized carbons (Fsp3) is 0.800. The zero-order chi connectivity index (χ0) is 9.07. The molecule has 0 aromatic carbocycles. The van der Waals surface area contributed by atoms with Gasteiger partial charge in [-0.15, -0.1) is 0 Å². The van der Waals surface area contributed by atoms with Gasteiger partial charge in [0.25, 0.3) is 10.1 Å². The molecule has 0 fully saturated rings. The van der Waals surface area contributed by atoms with Crippen molar-refractivity contribution in [3.05, 3.63) is 0 Å². The molecule has 11 heavy (non-hydrogen) atoms. The summed E-state index contributed by atoms with van der Waals surface area (Å²) in [6.07, 6.45) is 0.338. The summed E-state index contributed by atoms with van der Waals surface area (Å²) in [5, 5.41) is 6.63. The van der Waals surface area contributed by atoms with Crippen molar-refractivity contribution in [2.75, 3.05) is 0 Å². The Labute approximate surface area is 64.8 Å². The van der Waals surface area contributed by atoms with E-state index in [9.17, 15) is 13.2 Å². The largest absolute Gasteiger partial charge is 0.480 e. The van der Waals surface area contributed by atoms with Crippen molar-refractivity contribution in [2.24, 2.45) is 0 Å². The molecule has 0 aliphatic heterocycles. The first-order chi connectivity index (χ1) is 4.89. The Balaban J connectivity index is 4.49. The molecule has 0 radical (unpaired) electrons. The summed E-state index contributed by atoms with van der Waals surface area (Å²) in [6.45, 7) is 1.64. The van der Waals surface area contributed by atoms with Gasteiger partial charge in [0.1, 0.15) is 0 Å². The number of hydrogen-bond acceptors (Lipinski definition) is 3. The molecule has 0 bridgehead atoms. The first-order valence-electron chi connectivity index (χ1n) is 3.08. The van der Waals surface area contributed by atoms with Crippen molar-refractivity contribution in [3.63, 3.8) is 0 Å². The molecular formula is C5H10O5S. The van der Waals surface area contributed by atoms with Gasteiger partial charge in [0.2, 0.25) is 0 Å². The monoisotopic (exact) mass is 182 g/mol. The van der Waals surface area contributed by atoms with Crippen LogP contribution in [0.3, 0.4) is 0 Å². The highest BCUT2D eigenvalue weighted by atomic mass is 32.2. The van der Waals surface area contributed by atoms with Crippen molar-refractivity contribution in [2.45, 2.75) is 25.0 Å². The van der Waals surface area contributed by atoms with E-state index in [1.54, 1.807) is 6.92 Å². The summed E-state index contributed by atoms with van der Waals surface area (Å²) in [7, 11) is -4.43. The van der Waals surface area contributed by atoms with E-state index in [1.807, 2.05) is 0 Å². The van der Waals surface area contributed by atoms with E-state index in [1.165, 1.54) is 0 Å². The average Bonchev–Trinajstić information content (AvgIpc) is 1.79. The molecule has 2 N–H and O–H groups in total. The molecule has 0 aromatic rings. The summed E-state index contributed by atoms with van der Waals surface area (Å²) < 4.78 is 29.0. The molecular weight excluding hydrogens is 172 g/mol. The lowest BCUT2D eigenvalue weighted by molar-refractivity contribution is -0.136. The highest BCUT2D eigenvalue weighted by Crippen LogP contribution is 2.06. The molecule has 0 heterocycles. The molecule has 0 aromatic heterocycles. The van der Waals surface area contributed by atoms with Gasteiger partial charge >= 0.3 is 5.97 Å². The van der Waals surface area contributed by atoms with Crippen LogP contribution in [0.2, 0.25) is 0 Å². The van der Waals surface area contributed by atoms with Crippen LogP contribution in [0.4, 0.5) is 0 Å². The Morgan fingerprint density at radius 2 is 2.00 bits per heavy atom. The van der Waals surface area contributed by atoms with Crippen LogP contribution in [0.1, 0.15) is 19.8 Å². The molecule has 0 aliphatic rings. The standard InChI is InChI=1S/C5H10O5S/c1-2-3-4(5(6)7)11(8,9)10/h4H,2-3H2,1H3,(H,6,7)(H,8,9,10)/t4-/m1/s1. The summed E-state index contributed by atoms with van der Waals surface area (Å²) in [6, 6.07) is 0. The Kier molecular flexibility index (Phi) is 3.47. The highest BCUT2D eigenvalue weighted by Gasteiger charge is 2.29. The quantitative estimate of drug-likeness (QED) is 0.603. The maximum absolute atomic E-state index is 10.3. The minimum atomic E-state index is -4.43. The number of carboxylic acid groups (broad SMARTS) is 1. The molecule has 1 atom stereocenters. The lowest BCUT2D eigenvalue weighted by Gasteiger charge is -2.05. The minimum absolute atomic E-state index is 0.0613. The maximum atomic E-state index is 10.3. The summed E-state index contributed by atoms with van der Waals surface area (Å²) in [4.78, 5) is 10.2. The highest BCUT2D eigenvalue weighted by molar-refractivity contribution is 7.87. The zero-order valence-corrected chi connectivity index (χ0v) is 6.84. The van der Waals surface area contributed by atoms with Crippen LogP contribution in [0.5, 0.6) is 0 Å². The number of carbonyl (C=O) groups is 1. The molecule has 0 aliphatic carbocycles. The van der Waals surface area contributed by atoms with E-state index in [4.69, 9.17) is 9.66 Å². The molecule has 0 spiro atoms. The van der Waals surface area contributed by atoms with Gasteiger partial charge in [-0.3, -0.25) is 9.35 Å². The van der Waals surface area contributed by atoms with E-state index >= 15 is 0 Å². The van der Waals surface area contributed by atoms with Crippen LogP contribution in [0.25, 0.3) is 0 Å². The second-order valence-corrected chi connectivity index (χ2v) is 3.73. The normalized spacial score (nSPS) is 14.4. The second-order valence-electron chi connectivity index (χ2n) is 2.13. The van der Waals surface area contributed by atoms with Gasteiger partial charge < -0.3 is 5.11 Å². The van der Waals surface area contributed by atoms with Gasteiger partial charge in [0.15, 0.2) is 5.25 Å². The number of hydrogen-bond donors (Lipinski definition) is 2. The van der Waals surface area contributed by atoms with Crippen molar-refractivity contribution >= 4 is 16.1 Å². The lowest BCUT2D eigenvalue weighted by Crippen LogP contribution is -2.29. The Bertz CT molecular complexity index is 229. The minimum Gasteiger partial charge on any atom is -0.480 e. The second kappa shape index (κ2) is 3.68. The summed E-state index contributed by atoms with van der Waals surface area (Å²) in [5.41, 5.74) is 0.